The Kier molecular flexibility index (Phi) is 11.6. The van der Waals surface area contributed by atoms with Crippen molar-refractivity contribution >= 4 is 51.6 Å². The van der Waals surface area contributed by atoms with Crippen molar-refractivity contribution in [3.63, 3.8) is 0 Å². The van der Waals surface area contributed by atoms with Crippen LogP contribution in [-0.2, 0) is 21.4 Å². The lowest BCUT2D eigenvalue weighted by Crippen LogP contribution is -2.39. The van der Waals surface area contributed by atoms with Crippen molar-refractivity contribution in [2.45, 2.75) is 39.7 Å². The molecule has 30 heavy (non-hydrogen) atoms. The number of hydrogen-bond acceptors (Lipinski definition) is 4. The van der Waals surface area contributed by atoms with Crippen molar-refractivity contribution in [3.05, 3.63) is 29.8 Å². The molecule has 1 aromatic rings. The zero-order valence-electron chi connectivity index (χ0n) is 18.1. The largest absolute Gasteiger partial charge is 0.357 e. The van der Waals surface area contributed by atoms with E-state index in [0.29, 0.717) is 38.4 Å². The number of halogens is 1. The number of nitrogens with one attached hydrogen (secondary N) is 2. The summed E-state index contributed by atoms with van der Waals surface area (Å²) in [5.41, 5.74) is 2.00. The van der Waals surface area contributed by atoms with Crippen LogP contribution in [0.15, 0.2) is 29.3 Å². The molecule has 2 N–H and O–H groups in total. The monoisotopic (exact) mass is 551 g/mol. The molecule has 1 amide bonds. The van der Waals surface area contributed by atoms with E-state index in [4.69, 9.17) is 0 Å². The van der Waals surface area contributed by atoms with Crippen LogP contribution in [0.5, 0.6) is 0 Å². The zero-order valence-corrected chi connectivity index (χ0v) is 21.2. The first kappa shape index (κ1) is 26.6. The number of guanidine groups is 1. The van der Waals surface area contributed by atoms with Crippen LogP contribution in [0.2, 0.25) is 0 Å². The molecular weight excluding hydrogens is 517 g/mol. The van der Waals surface area contributed by atoms with Crippen LogP contribution >= 0.6 is 24.0 Å². The number of carbonyl (C=O) groups is 1. The second-order valence-corrected chi connectivity index (χ2v) is 9.38. The zero-order chi connectivity index (χ0) is 21.3. The van der Waals surface area contributed by atoms with E-state index >= 15 is 0 Å². The summed E-state index contributed by atoms with van der Waals surface area (Å²) in [6.45, 7) is 6.81. The summed E-state index contributed by atoms with van der Waals surface area (Å²) < 4.78 is 24.9. The van der Waals surface area contributed by atoms with Gasteiger partial charge in [0.2, 0.25) is 15.9 Å². The van der Waals surface area contributed by atoms with Gasteiger partial charge < -0.3 is 15.5 Å². The number of anilines is 1. The molecular formula is C20H34IN5O3S. The number of amides is 1. The molecule has 0 unspecified atom stereocenters. The van der Waals surface area contributed by atoms with Gasteiger partial charge in [0, 0.05) is 45.3 Å². The lowest BCUT2D eigenvalue weighted by atomic mass is 10.2. The number of aliphatic imine (C=N–C) groups is 1. The van der Waals surface area contributed by atoms with Gasteiger partial charge in [-0.3, -0.25) is 4.79 Å². The molecule has 1 aliphatic heterocycles. The van der Waals surface area contributed by atoms with Crippen molar-refractivity contribution in [2.24, 2.45) is 4.99 Å². The fraction of sp³-hybridized carbons (Fsp3) is 0.600. The third-order valence-electron chi connectivity index (χ3n) is 4.87. The van der Waals surface area contributed by atoms with Crippen LogP contribution < -0.4 is 15.5 Å². The number of nitrogens with zero attached hydrogens (tertiary/aromatic N) is 3. The summed E-state index contributed by atoms with van der Waals surface area (Å²) in [5, 5.41) is 6.44. The minimum absolute atomic E-state index is 0. The Morgan fingerprint density at radius 3 is 2.47 bits per heavy atom. The van der Waals surface area contributed by atoms with Crippen LogP contribution in [-0.4, -0.2) is 63.6 Å². The van der Waals surface area contributed by atoms with Gasteiger partial charge in [-0.25, -0.2) is 17.7 Å². The molecule has 1 fully saturated rings. The molecule has 0 radical (unpaired) electrons. The van der Waals surface area contributed by atoms with Crippen LogP contribution in [0.25, 0.3) is 0 Å². The van der Waals surface area contributed by atoms with Crippen LogP contribution in [0.3, 0.4) is 0 Å². The van der Waals surface area contributed by atoms with Crippen molar-refractivity contribution in [1.29, 1.82) is 0 Å². The van der Waals surface area contributed by atoms with E-state index in [0.717, 1.165) is 30.8 Å². The topological polar surface area (TPSA) is 94.1 Å². The van der Waals surface area contributed by atoms with Crippen LogP contribution in [0, 0.1) is 0 Å². The number of hydrogen-bond donors (Lipinski definition) is 2. The summed E-state index contributed by atoms with van der Waals surface area (Å²) in [5.74, 6) is 1.00. The van der Waals surface area contributed by atoms with Gasteiger partial charge in [-0.05, 0) is 44.4 Å². The fourth-order valence-electron chi connectivity index (χ4n) is 3.08. The first-order valence-corrected chi connectivity index (χ1v) is 11.8. The van der Waals surface area contributed by atoms with E-state index in [2.05, 4.69) is 15.6 Å². The molecule has 0 bridgehead atoms. The maximum atomic E-state index is 11.8. The molecule has 0 aromatic heterocycles. The molecule has 0 atom stereocenters. The third kappa shape index (κ3) is 8.03. The molecule has 0 aliphatic carbocycles. The molecule has 10 heteroatoms. The van der Waals surface area contributed by atoms with E-state index in [1.54, 1.807) is 14.0 Å². The summed E-state index contributed by atoms with van der Waals surface area (Å²) >= 11 is 0. The summed E-state index contributed by atoms with van der Waals surface area (Å²) in [4.78, 5) is 18.3. The Bertz CT molecular complexity index is 799. The maximum Gasteiger partial charge on any atom is 0.227 e. The predicted molar refractivity (Wildman–Crippen MR) is 133 cm³/mol. The van der Waals surface area contributed by atoms with E-state index in [9.17, 15) is 13.2 Å². The van der Waals surface area contributed by atoms with Gasteiger partial charge in [0.1, 0.15) is 0 Å². The predicted octanol–water partition coefficient (Wildman–Crippen LogP) is 2.16. The molecule has 0 spiro atoms. The molecule has 1 aromatic carbocycles. The Hall–Kier alpha value is -1.40. The highest BCUT2D eigenvalue weighted by Gasteiger charge is 2.21. The molecule has 2 rings (SSSR count). The normalized spacial score (nSPS) is 14.7. The fourth-order valence-corrected chi connectivity index (χ4v) is 3.93. The summed E-state index contributed by atoms with van der Waals surface area (Å²) in [7, 11) is -1.52. The maximum absolute atomic E-state index is 11.8. The minimum atomic E-state index is -3.13. The van der Waals surface area contributed by atoms with Gasteiger partial charge in [-0.15, -0.1) is 24.0 Å². The van der Waals surface area contributed by atoms with Crippen molar-refractivity contribution in [3.8, 4) is 0 Å². The average Bonchev–Trinajstić information content (AvgIpc) is 3.15. The van der Waals surface area contributed by atoms with E-state index in [1.165, 1.54) is 4.31 Å². The number of sulfonamides is 1. The highest BCUT2D eigenvalue weighted by Crippen LogP contribution is 2.21. The van der Waals surface area contributed by atoms with Crippen LogP contribution in [0.1, 0.15) is 38.7 Å². The number of carbonyl (C=O) groups excluding carboxylic acids is 1. The van der Waals surface area contributed by atoms with E-state index in [-0.39, 0.29) is 35.6 Å². The van der Waals surface area contributed by atoms with E-state index in [1.807, 2.05) is 36.1 Å². The Morgan fingerprint density at radius 2 is 1.90 bits per heavy atom. The lowest BCUT2D eigenvalue weighted by molar-refractivity contribution is -0.117. The van der Waals surface area contributed by atoms with Gasteiger partial charge in [0.05, 0.1) is 12.3 Å². The van der Waals surface area contributed by atoms with Gasteiger partial charge in [0.25, 0.3) is 0 Å². The standard InChI is InChI=1S/C20H33N5O3S.HI/c1-4-21-20(22-13-7-14-24(3)29(27,28)5-2)23-16-17-9-11-18(12-10-17)25-15-6-8-19(25)26;/h9-12H,4-8,13-16H2,1-3H3,(H2,21,22,23);1H. The van der Waals surface area contributed by atoms with Gasteiger partial charge >= 0.3 is 0 Å². The molecule has 170 valence electrons. The number of benzene rings is 1. The van der Waals surface area contributed by atoms with Gasteiger partial charge in [0.15, 0.2) is 5.96 Å². The molecule has 1 heterocycles. The van der Waals surface area contributed by atoms with Gasteiger partial charge in [-0.2, -0.15) is 0 Å². The lowest BCUT2D eigenvalue weighted by Gasteiger charge is -2.17. The first-order chi connectivity index (χ1) is 13.9. The Morgan fingerprint density at radius 1 is 1.20 bits per heavy atom. The third-order valence-corrected chi connectivity index (χ3v) is 6.73. The first-order valence-electron chi connectivity index (χ1n) is 10.2. The summed E-state index contributed by atoms with van der Waals surface area (Å²) in [6.07, 6.45) is 2.24. The molecule has 1 saturated heterocycles. The van der Waals surface area contributed by atoms with Crippen molar-refractivity contribution in [1.82, 2.24) is 14.9 Å². The summed E-state index contributed by atoms with van der Waals surface area (Å²) in [6, 6.07) is 7.94. The second kappa shape index (κ2) is 13.1. The quantitative estimate of drug-likeness (QED) is 0.201. The Balaban J connectivity index is 0.00000450. The Labute approximate surface area is 197 Å². The van der Waals surface area contributed by atoms with Crippen molar-refractivity contribution in [2.75, 3.05) is 43.9 Å². The highest BCUT2D eigenvalue weighted by molar-refractivity contribution is 14.0. The molecule has 0 saturated carbocycles. The average molecular weight is 551 g/mol. The minimum Gasteiger partial charge on any atom is -0.357 e. The highest BCUT2D eigenvalue weighted by atomic mass is 127. The van der Waals surface area contributed by atoms with E-state index < -0.39 is 10.0 Å². The molecule has 8 nitrogen and oxygen atoms in total. The van der Waals surface area contributed by atoms with Crippen LogP contribution in [0.4, 0.5) is 5.69 Å². The number of rotatable bonds is 10. The second-order valence-electron chi connectivity index (χ2n) is 7.01. The molecule has 1 aliphatic rings. The SMILES string of the molecule is CCNC(=NCc1ccc(N2CCCC2=O)cc1)NCCCN(C)S(=O)(=O)CC.I. The van der Waals surface area contributed by atoms with Crippen molar-refractivity contribution < 1.29 is 13.2 Å². The van der Waals surface area contributed by atoms with Gasteiger partial charge in [-0.1, -0.05) is 12.1 Å². The smallest absolute Gasteiger partial charge is 0.227 e.